The Bertz CT molecular complexity index is 424. The summed E-state index contributed by atoms with van der Waals surface area (Å²) >= 11 is 0. The summed E-state index contributed by atoms with van der Waals surface area (Å²) in [7, 11) is -1.84. The minimum absolute atomic E-state index is 0.0983. The first-order valence-electron chi connectivity index (χ1n) is 5.17. The lowest BCUT2D eigenvalue weighted by Crippen LogP contribution is -2.27. The second kappa shape index (κ2) is 5.42. The molecule has 92 valence electrons. The summed E-state index contributed by atoms with van der Waals surface area (Å²) in [6, 6.07) is 1.56. The minimum Gasteiger partial charge on any atom is -0.328 e. The summed E-state index contributed by atoms with van der Waals surface area (Å²) in [6.07, 6.45) is 2.99. The number of nitrogens with one attached hydrogen (secondary N) is 1. The van der Waals surface area contributed by atoms with Crippen LogP contribution in [-0.4, -0.2) is 30.8 Å². The number of rotatable bonds is 6. The van der Waals surface area contributed by atoms with Gasteiger partial charge in [0.2, 0.25) is 0 Å². The molecule has 1 aromatic heterocycles. The highest BCUT2D eigenvalue weighted by Crippen LogP contribution is 2.05. The van der Waals surface area contributed by atoms with Gasteiger partial charge in [0.15, 0.2) is 5.03 Å². The van der Waals surface area contributed by atoms with Crippen molar-refractivity contribution in [3.8, 4) is 0 Å². The van der Waals surface area contributed by atoms with Gasteiger partial charge in [-0.3, -0.25) is 4.68 Å². The third-order valence-corrected chi connectivity index (χ3v) is 3.71. The number of aryl methyl sites for hydroxylation is 1. The van der Waals surface area contributed by atoms with Crippen LogP contribution in [0.25, 0.3) is 0 Å². The summed E-state index contributed by atoms with van der Waals surface area (Å²) in [5.74, 6) is 0. The van der Waals surface area contributed by atoms with Gasteiger partial charge < -0.3 is 5.73 Å². The van der Waals surface area contributed by atoms with Crippen LogP contribution in [0.5, 0.6) is 0 Å². The quantitative estimate of drug-likeness (QED) is 0.682. The molecule has 0 amide bonds. The molecule has 1 heterocycles. The Morgan fingerprint density at radius 3 is 2.81 bits per heavy atom. The molecule has 7 heteroatoms. The van der Waals surface area contributed by atoms with E-state index in [2.05, 4.69) is 9.82 Å². The van der Waals surface area contributed by atoms with E-state index in [0.717, 1.165) is 12.8 Å². The van der Waals surface area contributed by atoms with Gasteiger partial charge in [-0.2, -0.15) is 5.10 Å². The normalized spacial score (nSPS) is 13.9. The van der Waals surface area contributed by atoms with Crippen LogP contribution in [0.1, 0.15) is 19.8 Å². The number of nitrogens with two attached hydrogens (primary N) is 1. The topological polar surface area (TPSA) is 90.0 Å². The summed E-state index contributed by atoms with van der Waals surface area (Å²) in [5, 5.41) is 3.99. The molecule has 1 aromatic rings. The molecule has 0 fully saturated rings. The molecular weight excluding hydrogens is 228 g/mol. The van der Waals surface area contributed by atoms with Crippen molar-refractivity contribution < 1.29 is 8.42 Å². The van der Waals surface area contributed by atoms with E-state index in [0.29, 0.717) is 6.54 Å². The van der Waals surface area contributed by atoms with Crippen molar-refractivity contribution in [2.75, 3.05) is 6.54 Å². The maximum atomic E-state index is 11.8. The lowest BCUT2D eigenvalue weighted by atomic mass is 10.2. The fourth-order valence-corrected chi connectivity index (χ4v) is 2.53. The van der Waals surface area contributed by atoms with Crippen LogP contribution in [0.2, 0.25) is 0 Å². The van der Waals surface area contributed by atoms with Gasteiger partial charge in [0.1, 0.15) is 0 Å². The lowest BCUT2D eigenvalue weighted by molar-refractivity contribution is 0.553. The number of hydrogen-bond acceptors (Lipinski definition) is 4. The first-order chi connectivity index (χ1) is 7.43. The summed E-state index contributed by atoms with van der Waals surface area (Å²) in [4.78, 5) is 0. The van der Waals surface area contributed by atoms with Crippen LogP contribution in [0.4, 0.5) is 0 Å². The maximum Gasteiger partial charge on any atom is 0.257 e. The zero-order valence-electron chi connectivity index (χ0n) is 9.55. The average Bonchev–Trinajstić information content (AvgIpc) is 2.59. The van der Waals surface area contributed by atoms with Crippen molar-refractivity contribution in [2.24, 2.45) is 12.8 Å². The Labute approximate surface area is 95.9 Å². The van der Waals surface area contributed by atoms with Gasteiger partial charge in [-0.1, -0.05) is 0 Å². The van der Waals surface area contributed by atoms with E-state index >= 15 is 0 Å². The number of sulfonamides is 1. The SMILES string of the molecule is CC(N)CCCNS(=O)(=O)c1ccnn1C. The van der Waals surface area contributed by atoms with Gasteiger partial charge in [-0.25, -0.2) is 13.1 Å². The highest BCUT2D eigenvalue weighted by Gasteiger charge is 2.16. The van der Waals surface area contributed by atoms with Crippen molar-refractivity contribution in [1.82, 2.24) is 14.5 Å². The molecule has 6 nitrogen and oxygen atoms in total. The predicted octanol–water partition coefficient (Wildman–Crippen LogP) is -0.174. The molecule has 1 unspecified atom stereocenters. The second-order valence-electron chi connectivity index (χ2n) is 3.81. The third kappa shape index (κ3) is 3.58. The smallest absolute Gasteiger partial charge is 0.257 e. The minimum atomic E-state index is -3.44. The molecule has 0 aliphatic heterocycles. The monoisotopic (exact) mass is 246 g/mol. The van der Waals surface area contributed by atoms with Crippen molar-refractivity contribution in [1.29, 1.82) is 0 Å². The molecule has 16 heavy (non-hydrogen) atoms. The van der Waals surface area contributed by atoms with Gasteiger partial charge in [-0.15, -0.1) is 0 Å². The zero-order chi connectivity index (χ0) is 12.2. The van der Waals surface area contributed by atoms with Gasteiger partial charge in [-0.05, 0) is 25.8 Å². The van der Waals surface area contributed by atoms with Gasteiger partial charge >= 0.3 is 0 Å². The van der Waals surface area contributed by atoms with Crippen LogP contribution in [-0.2, 0) is 17.1 Å². The van der Waals surface area contributed by atoms with Gasteiger partial charge in [0, 0.05) is 19.6 Å². The van der Waals surface area contributed by atoms with Crippen molar-refractivity contribution in [3.05, 3.63) is 12.3 Å². The lowest BCUT2D eigenvalue weighted by Gasteiger charge is -2.07. The van der Waals surface area contributed by atoms with Crippen LogP contribution >= 0.6 is 0 Å². The Kier molecular flexibility index (Phi) is 4.45. The summed E-state index contributed by atoms with van der Waals surface area (Å²) in [5.41, 5.74) is 5.57. The van der Waals surface area contributed by atoms with E-state index in [1.165, 1.54) is 16.9 Å². The highest BCUT2D eigenvalue weighted by atomic mass is 32.2. The van der Waals surface area contributed by atoms with Crippen molar-refractivity contribution in [3.63, 3.8) is 0 Å². The molecule has 3 N–H and O–H groups in total. The van der Waals surface area contributed by atoms with E-state index in [1.807, 2.05) is 6.92 Å². The fraction of sp³-hybridized carbons (Fsp3) is 0.667. The van der Waals surface area contributed by atoms with E-state index in [-0.39, 0.29) is 11.1 Å². The molecule has 0 aliphatic carbocycles. The molecule has 0 aromatic carbocycles. The van der Waals surface area contributed by atoms with Crippen molar-refractivity contribution in [2.45, 2.75) is 30.8 Å². The first kappa shape index (κ1) is 13.1. The Morgan fingerprint density at radius 1 is 1.62 bits per heavy atom. The standard InChI is InChI=1S/C9H18N4O2S/c1-8(10)4-3-6-12-16(14,15)9-5-7-11-13(9)2/h5,7-8,12H,3-4,6,10H2,1-2H3. The average molecular weight is 246 g/mol. The van der Waals surface area contributed by atoms with Gasteiger partial charge in [0.05, 0.1) is 6.20 Å². The molecule has 0 saturated heterocycles. The Hall–Kier alpha value is -0.920. The molecule has 1 rings (SSSR count). The Morgan fingerprint density at radius 2 is 2.31 bits per heavy atom. The largest absolute Gasteiger partial charge is 0.328 e. The molecule has 1 atom stereocenters. The van der Waals surface area contributed by atoms with Crippen LogP contribution in [0.3, 0.4) is 0 Å². The van der Waals surface area contributed by atoms with E-state index in [4.69, 9.17) is 5.73 Å². The second-order valence-corrected chi connectivity index (χ2v) is 5.52. The Balaban J connectivity index is 2.51. The molecule has 0 radical (unpaired) electrons. The number of aromatic nitrogens is 2. The molecule has 0 saturated carbocycles. The highest BCUT2D eigenvalue weighted by molar-refractivity contribution is 7.89. The molecule has 0 spiro atoms. The van der Waals surface area contributed by atoms with E-state index in [9.17, 15) is 8.42 Å². The molecular formula is C9H18N4O2S. The van der Waals surface area contributed by atoms with E-state index < -0.39 is 10.0 Å². The first-order valence-corrected chi connectivity index (χ1v) is 6.65. The zero-order valence-corrected chi connectivity index (χ0v) is 10.4. The maximum absolute atomic E-state index is 11.8. The van der Waals surface area contributed by atoms with Gasteiger partial charge in [0.25, 0.3) is 10.0 Å². The molecule has 0 aliphatic rings. The fourth-order valence-electron chi connectivity index (χ4n) is 1.33. The van der Waals surface area contributed by atoms with Crippen LogP contribution in [0, 0.1) is 0 Å². The van der Waals surface area contributed by atoms with Crippen LogP contribution < -0.4 is 10.5 Å². The molecule has 0 bridgehead atoms. The summed E-state index contributed by atoms with van der Waals surface area (Å²) < 4.78 is 27.4. The predicted molar refractivity (Wildman–Crippen MR) is 61.3 cm³/mol. The number of nitrogens with zero attached hydrogens (tertiary/aromatic N) is 2. The number of hydrogen-bond donors (Lipinski definition) is 2. The van der Waals surface area contributed by atoms with E-state index in [1.54, 1.807) is 7.05 Å². The van der Waals surface area contributed by atoms with Crippen molar-refractivity contribution >= 4 is 10.0 Å². The summed E-state index contributed by atoms with van der Waals surface area (Å²) in [6.45, 7) is 2.30. The van der Waals surface area contributed by atoms with Crippen LogP contribution in [0.15, 0.2) is 17.3 Å². The third-order valence-electron chi connectivity index (χ3n) is 2.18.